The summed E-state index contributed by atoms with van der Waals surface area (Å²) in [5.41, 5.74) is 0.446. The van der Waals surface area contributed by atoms with Crippen molar-refractivity contribution in [3.63, 3.8) is 0 Å². The second-order valence-electron chi connectivity index (χ2n) is 4.61. The molecule has 0 radical (unpaired) electrons. The Bertz CT molecular complexity index is 863. The van der Waals surface area contributed by atoms with Crippen molar-refractivity contribution < 1.29 is 16.8 Å². The molecule has 19 heavy (non-hydrogen) atoms. The van der Waals surface area contributed by atoms with Crippen LogP contribution >= 0.6 is 0 Å². The van der Waals surface area contributed by atoms with Gasteiger partial charge in [0.15, 0.2) is 19.7 Å². The van der Waals surface area contributed by atoms with Crippen LogP contribution in [0, 0.1) is 6.92 Å². The Hall–Kier alpha value is -1.40. The van der Waals surface area contributed by atoms with E-state index < -0.39 is 19.7 Å². The number of aryl methyl sites for hydroxylation is 1. The van der Waals surface area contributed by atoms with E-state index in [0.717, 1.165) is 12.5 Å². The van der Waals surface area contributed by atoms with Gasteiger partial charge in [0.2, 0.25) is 0 Å². The summed E-state index contributed by atoms with van der Waals surface area (Å²) in [6.45, 7) is 1.61. The molecule has 0 aliphatic rings. The molecule has 0 spiro atoms. The third-order valence-corrected chi connectivity index (χ3v) is 5.33. The van der Waals surface area contributed by atoms with Crippen molar-refractivity contribution in [1.29, 1.82) is 0 Å². The van der Waals surface area contributed by atoms with Crippen LogP contribution in [0.2, 0.25) is 0 Å². The third kappa shape index (κ3) is 2.50. The molecule has 0 bridgehead atoms. The van der Waals surface area contributed by atoms with E-state index in [9.17, 15) is 16.8 Å². The fourth-order valence-corrected chi connectivity index (χ4v) is 4.44. The second kappa shape index (κ2) is 4.31. The Balaban J connectivity index is 3.11. The quantitative estimate of drug-likeness (QED) is 0.850. The minimum absolute atomic E-state index is 0.160. The number of sulfone groups is 2. The molecule has 0 saturated heterocycles. The van der Waals surface area contributed by atoms with E-state index in [1.54, 1.807) is 31.2 Å². The largest absolute Gasteiger partial charge is 0.224 e. The maximum absolute atomic E-state index is 11.9. The van der Waals surface area contributed by atoms with Crippen LogP contribution in [0.1, 0.15) is 5.56 Å². The van der Waals surface area contributed by atoms with Crippen LogP contribution in [0.3, 0.4) is 0 Å². The lowest BCUT2D eigenvalue weighted by Crippen LogP contribution is -2.05. The predicted octanol–water partition coefficient (Wildman–Crippen LogP) is 1.96. The molecular weight excluding hydrogens is 284 g/mol. The fourth-order valence-electron chi connectivity index (χ4n) is 2.25. The van der Waals surface area contributed by atoms with Crippen molar-refractivity contribution in [2.45, 2.75) is 16.7 Å². The van der Waals surface area contributed by atoms with Gasteiger partial charge in [-0.1, -0.05) is 24.3 Å². The van der Waals surface area contributed by atoms with E-state index in [4.69, 9.17) is 0 Å². The molecule has 6 heteroatoms. The highest BCUT2D eigenvalue weighted by molar-refractivity contribution is 7.91. The van der Waals surface area contributed by atoms with Crippen LogP contribution < -0.4 is 0 Å². The van der Waals surface area contributed by atoms with Crippen LogP contribution in [0.15, 0.2) is 40.1 Å². The summed E-state index contributed by atoms with van der Waals surface area (Å²) in [7, 11) is -6.83. The van der Waals surface area contributed by atoms with E-state index in [-0.39, 0.29) is 9.79 Å². The Morgan fingerprint density at radius 3 is 1.84 bits per heavy atom. The van der Waals surface area contributed by atoms with Crippen molar-refractivity contribution in [3.05, 3.63) is 35.9 Å². The van der Waals surface area contributed by atoms with Crippen molar-refractivity contribution in [2.75, 3.05) is 12.5 Å². The number of benzene rings is 2. The maximum Gasteiger partial charge on any atom is 0.176 e. The van der Waals surface area contributed by atoms with Gasteiger partial charge >= 0.3 is 0 Å². The van der Waals surface area contributed by atoms with Gasteiger partial charge in [-0.2, -0.15) is 0 Å². The molecule has 4 nitrogen and oxygen atoms in total. The number of rotatable bonds is 2. The monoisotopic (exact) mass is 298 g/mol. The average molecular weight is 298 g/mol. The van der Waals surface area contributed by atoms with Crippen LogP contribution in [0.25, 0.3) is 10.8 Å². The first-order chi connectivity index (χ1) is 8.62. The zero-order valence-electron chi connectivity index (χ0n) is 10.8. The fraction of sp³-hybridized carbons (Fsp3) is 0.231. The molecule has 0 aliphatic carbocycles. The number of fused-ring (bicyclic) bond motifs is 1. The predicted molar refractivity (Wildman–Crippen MR) is 74.9 cm³/mol. The molecule has 2 aromatic carbocycles. The lowest BCUT2D eigenvalue weighted by atomic mass is 10.1. The molecular formula is C13H14O4S2. The average Bonchev–Trinajstić information content (AvgIpc) is 2.24. The molecule has 2 aromatic rings. The van der Waals surface area contributed by atoms with Crippen LogP contribution in [-0.4, -0.2) is 29.3 Å². The Morgan fingerprint density at radius 2 is 1.37 bits per heavy atom. The van der Waals surface area contributed by atoms with Crippen LogP contribution in [0.4, 0.5) is 0 Å². The highest BCUT2D eigenvalue weighted by atomic mass is 32.2. The molecule has 0 fully saturated rings. The normalized spacial score (nSPS) is 12.8. The minimum atomic E-state index is -3.42. The Morgan fingerprint density at radius 1 is 0.842 bits per heavy atom. The van der Waals surface area contributed by atoms with Gasteiger partial charge in [0.25, 0.3) is 0 Å². The van der Waals surface area contributed by atoms with Crippen LogP contribution in [-0.2, 0) is 19.7 Å². The van der Waals surface area contributed by atoms with Crippen molar-refractivity contribution in [1.82, 2.24) is 0 Å². The van der Waals surface area contributed by atoms with Crippen molar-refractivity contribution >= 4 is 30.4 Å². The summed E-state index contributed by atoms with van der Waals surface area (Å²) in [4.78, 5) is 0.350. The third-order valence-electron chi connectivity index (χ3n) is 2.91. The summed E-state index contributed by atoms with van der Waals surface area (Å²) in [6.07, 6.45) is 2.25. The van der Waals surface area contributed by atoms with E-state index in [0.29, 0.717) is 16.3 Å². The second-order valence-corrected chi connectivity index (χ2v) is 8.55. The van der Waals surface area contributed by atoms with Gasteiger partial charge in [-0.3, -0.25) is 0 Å². The summed E-state index contributed by atoms with van der Waals surface area (Å²) < 4.78 is 47.4. The zero-order valence-corrected chi connectivity index (χ0v) is 12.5. The van der Waals surface area contributed by atoms with Gasteiger partial charge in [-0.05, 0) is 18.6 Å². The molecule has 0 saturated carbocycles. The Kier molecular flexibility index (Phi) is 3.18. The van der Waals surface area contributed by atoms with E-state index in [2.05, 4.69) is 0 Å². The molecule has 0 aliphatic heterocycles. The van der Waals surface area contributed by atoms with Gasteiger partial charge in [0, 0.05) is 23.3 Å². The molecule has 0 aromatic heterocycles. The molecule has 0 N–H and O–H groups in total. The zero-order chi connectivity index (χ0) is 14.4. The molecule has 0 atom stereocenters. The van der Waals surface area contributed by atoms with Gasteiger partial charge < -0.3 is 0 Å². The van der Waals surface area contributed by atoms with Crippen molar-refractivity contribution in [3.8, 4) is 0 Å². The topological polar surface area (TPSA) is 68.3 Å². The van der Waals surface area contributed by atoms with E-state index in [1.165, 1.54) is 6.07 Å². The minimum Gasteiger partial charge on any atom is -0.224 e. The first-order valence-electron chi connectivity index (χ1n) is 5.55. The number of hydrogen-bond acceptors (Lipinski definition) is 4. The first-order valence-corrected chi connectivity index (χ1v) is 9.33. The lowest BCUT2D eigenvalue weighted by molar-refractivity contribution is 0.599. The SMILES string of the molecule is Cc1cc(S(C)(=O)=O)c2ccccc2c1S(C)(=O)=O. The summed E-state index contributed by atoms with van der Waals surface area (Å²) in [6, 6.07) is 8.07. The summed E-state index contributed by atoms with van der Waals surface area (Å²) >= 11 is 0. The molecule has 2 rings (SSSR count). The molecule has 0 heterocycles. The lowest BCUT2D eigenvalue weighted by Gasteiger charge is -2.12. The van der Waals surface area contributed by atoms with E-state index >= 15 is 0 Å². The standard InChI is InChI=1S/C13H14O4S2/c1-9-8-12(18(2,14)15)10-6-4-5-7-11(10)13(9)19(3,16)17/h4-8H,1-3H3. The number of hydrogen-bond donors (Lipinski definition) is 0. The van der Waals surface area contributed by atoms with Gasteiger partial charge in [0.05, 0.1) is 9.79 Å². The first kappa shape index (κ1) is 14.0. The summed E-state index contributed by atoms with van der Waals surface area (Å²) in [5, 5.41) is 0.890. The smallest absolute Gasteiger partial charge is 0.176 e. The molecule has 0 unspecified atom stereocenters. The Labute approximate surface area is 112 Å². The molecule has 102 valence electrons. The highest BCUT2D eigenvalue weighted by Crippen LogP contribution is 2.31. The summed E-state index contributed by atoms with van der Waals surface area (Å²) in [5.74, 6) is 0. The maximum atomic E-state index is 11.9. The molecule has 0 amide bonds. The van der Waals surface area contributed by atoms with Crippen LogP contribution in [0.5, 0.6) is 0 Å². The van der Waals surface area contributed by atoms with Gasteiger partial charge in [0.1, 0.15) is 0 Å². The van der Waals surface area contributed by atoms with E-state index in [1.807, 2.05) is 0 Å². The van der Waals surface area contributed by atoms with Gasteiger partial charge in [-0.15, -0.1) is 0 Å². The highest BCUT2D eigenvalue weighted by Gasteiger charge is 2.20. The van der Waals surface area contributed by atoms with Crippen molar-refractivity contribution in [2.24, 2.45) is 0 Å². The van der Waals surface area contributed by atoms with Gasteiger partial charge in [-0.25, -0.2) is 16.8 Å².